The molecule has 0 heterocycles. The SMILES string of the molecule is [Er+3].[F-].[F-].[F-].[F-].[F-].[F-].[Y+3]. The molecule has 0 aromatic rings. The summed E-state index contributed by atoms with van der Waals surface area (Å²) in [5.74, 6) is 0. The van der Waals surface area contributed by atoms with E-state index in [-0.39, 0.29) is 98.2 Å². The van der Waals surface area contributed by atoms with Gasteiger partial charge in [-0.2, -0.15) is 0 Å². The van der Waals surface area contributed by atoms with Crippen molar-refractivity contribution in [1.29, 1.82) is 0 Å². The maximum Gasteiger partial charge on any atom is 3.00 e. The van der Waals surface area contributed by atoms with E-state index in [0.29, 0.717) is 0 Å². The third-order valence-electron chi connectivity index (χ3n) is 0. The average Bonchev–Trinajstić information content (AvgIpc) is 0. The summed E-state index contributed by atoms with van der Waals surface area (Å²) in [5.41, 5.74) is 0. The Labute approximate surface area is 96.8 Å². The van der Waals surface area contributed by atoms with Crippen LogP contribution in [0.25, 0.3) is 0 Å². The molecule has 0 aliphatic rings. The molecule has 57 valence electrons. The molecule has 0 N–H and O–H groups in total. The van der Waals surface area contributed by atoms with Crippen LogP contribution in [0.4, 0.5) is 0 Å². The Morgan fingerprint density at radius 2 is 0.375 bits per heavy atom. The summed E-state index contributed by atoms with van der Waals surface area (Å²) in [6, 6.07) is 0. The van der Waals surface area contributed by atoms with Crippen molar-refractivity contribution in [3.05, 3.63) is 0 Å². The Balaban J connectivity index is 0. The standard InChI is InChI=1S/Er.6FH.Y/h;6*1H;/q+3;;;;;;;+3/p-6. The smallest absolute Gasteiger partial charge is 1.00 e. The summed E-state index contributed by atoms with van der Waals surface area (Å²) < 4.78 is 0. The predicted molar refractivity (Wildman–Crippen MR) is 0 cm³/mol. The van der Waals surface area contributed by atoms with Crippen LogP contribution in [0.2, 0.25) is 0 Å². The van der Waals surface area contributed by atoms with E-state index in [2.05, 4.69) is 0 Å². The van der Waals surface area contributed by atoms with Crippen molar-refractivity contribution >= 4 is 0 Å². The van der Waals surface area contributed by atoms with E-state index in [4.69, 9.17) is 0 Å². The first-order chi connectivity index (χ1) is 0. The van der Waals surface area contributed by atoms with Crippen LogP contribution in [0.5, 0.6) is 0 Å². The van der Waals surface area contributed by atoms with Crippen LogP contribution >= 0.6 is 0 Å². The fourth-order valence-electron chi connectivity index (χ4n) is 0. The number of hydrogen-bond donors (Lipinski definition) is 0. The van der Waals surface area contributed by atoms with Crippen LogP contribution in [-0.2, 0) is 32.7 Å². The molecule has 0 bridgehead atoms. The van der Waals surface area contributed by atoms with Crippen molar-refractivity contribution in [2.45, 2.75) is 0 Å². The molecule has 0 nitrogen and oxygen atoms in total. The zero-order valence-corrected chi connectivity index (χ0v) is 7.82. The monoisotopic (exact) mass is 369 g/mol. The molecule has 8 heavy (non-hydrogen) atoms. The normalized spacial score (nSPS) is 0. The Morgan fingerprint density at radius 3 is 0.375 bits per heavy atom. The topological polar surface area (TPSA) is 0 Å². The molecule has 0 aromatic heterocycles. The van der Waals surface area contributed by atoms with Gasteiger partial charge in [0.2, 0.25) is 0 Å². The fourth-order valence-corrected chi connectivity index (χ4v) is 0. The molecule has 0 unspecified atom stereocenters. The Kier molecular flexibility index (Phi) is 4000. The van der Waals surface area contributed by atoms with E-state index >= 15 is 0 Å². The van der Waals surface area contributed by atoms with Crippen molar-refractivity contribution < 1.29 is 98.2 Å². The molecule has 0 saturated carbocycles. The molecular formula is ErF6Y. The van der Waals surface area contributed by atoms with Gasteiger partial charge < -0.3 is 28.2 Å². The average molecular weight is 370 g/mol. The minimum Gasteiger partial charge on any atom is -1.00 e. The van der Waals surface area contributed by atoms with Gasteiger partial charge in [0, 0.05) is 0 Å². The minimum absolute atomic E-state index is 0. The van der Waals surface area contributed by atoms with Crippen LogP contribution in [0.1, 0.15) is 0 Å². The molecule has 0 amide bonds. The van der Waals surface area contributed by atoms with Crippen LogP contribution in [0, 0.1) is 37.3 Å². The third kappa shape index (κ3) is 102. The molecule has 1 radical (unpaired) electrons. The minimum atomic E-state index is 0. The zero-order valence-electron chi connectivity index (χ0n) is 3.13. The second-order valence-corrected chi connectivity index (χ2v) is 0. The van der Waals surface area contributed by atoms with Gasteiger partial charge in [-0.15, -0.1) is 0 Å². The molecule has 8 heteroatoms. The molecule has 0 fully saturated rings. The Bertz CT molecular complexity index is 8.49. The summed E-state index contributed by atoms with van der Waals surface area (Å²) in [7, 11) is 0. The van der Waals surface area contributed by atoms with Gasteiger partial charge in [0.15, 0.2) is 0 Å². The Morgan fingerprint density at radius 1 is 0.375 bits per heavy atom. The van der Waals surface area contributed by atoms with Gasteiger partial charge >= 0.3 is 70.0 Å². The first kappa shape index (κ1) is 212. The van der Waals surface area contributed by atoms with Gasteiger partial charge in [-0.25, -0.2) is 0 Å². The summed E-state index contributed by atoms with van der Waals surface area (Å²) in [6.07, 6.45) is 0. The molecule has 0 aliphatic carbocycles. The summed E-state index contributed by atoms with van der Waals surface area (Å²) in [6.45, 7) is 0. The molecule has 0 aliphatic heterocycles. The second-order valence-electron chi connectivity index (χ2n) is 0. The Hall–Kier alpha value is 1.93. The predicted octanol–water partition coefficient (Wildman–Crippen LogP) is -18.0. The van der Waals surface area contributed by atoms with Crippen molar-refractivity contribution in [3.63, 3.8) is 0 Å². The van der Waals surface area contributed by atoms with E-state index in [0.717, 1.165) is 0 Å². The summed E-state index contributed by atoms with van der Waals surface area (Å²) >= 11 is 0. The van der Waals surface area contributed by atoms with Gasteiger partial charge in [-0.05, 0) is 0 Å². The van der Waals surface area contributed by atoms with Crippen LogP contribution in [0.15, 0.2) is 0 Å². The van der Waals surface area contributed by atoms with E-state index in [1.807, 2.05) is 0 Å². The van der Waals surface area contributed by atoms with Gasteiger partial charge in [-0.1, -0.05) is 0 Å². The molecule has 0 aromatic carbocycles. The number of halogens is 6. The van der Waals surface area contributed by atoms with Gasteiger partial charge in [0.25, 0.3) is 0 Å². The van der Waals surface area contributed by atoms with Gasteiger partial charge in [0.1, 0.15) is 0 Å². The van der Waals surface area contributed by atoms with E-state index < -0.39 is 0 Å². The fraction of sp³-hybridized carbons (Fsp3) is 0. The van der Waals surface area contributed by atoms with Crippen molar-refractivity contribution in [2.24, 2.45) is 0 Å². The largest absolute Gasteiger partial charge is 3.00 e. The van der Waals surface area contributed by atoms with Crippen molar-refractivity contribution in [3.8, 4) is 0 Å². The van der Waals surface area contributed by atoms with Crippen molar-refractivity contribution in [2.75, 3.05) is 0 Å². The van der Waals surface area contributed by atoms with Gasteiger partial charge in [0.05, 0.1) is 0 Å². The molecule has 0 rings (SSSR count). The second kappa shape index (κ2) is 151. The molecular weight excluding hydrogens is 370 g/mol. The quantitative estimate of drug-likeness (QED) is 0.372. The number of rotatable bonds is 0. The van der Waals surface area contributed by atoms with Gasteiger partial charge in [-0.3, -0.25) is 0 Å². The summed E-state index contributed by atoms with van der Waals surface area (Å²) in [4.78, 5) is 0. The zero-order chi connectivity index (χ0) is 0. The van der Waals surface area contributed by atoms with E-state index in [9.17, 15) is 0 Å². The van der Waals surface area contributed by atoms with Crippen LogP contribution in [-0.4, -0.2) is 0 Å². The maximum atomic E-state index is 0. The van der Waals surface area contributed by atoms with E-state index in [1.54, 1.807) is 0 Å². The molecule has 0 atom stereocenters. The molecule has 0 saturated heterocycles. The third-order valence-corrected chi connectivity index (χ3v) is 0. The summed E-state index contributed by atoms with van der Waals surface area (Å²) in [5, 5.41) is 0. The number of hydrogen-bond acceptors (Lipinski definition) is 0. The van der Waals surface area contributed by atoms with Crippen LogP contribution < -0.4 is 28.2 Å². The molecule has 0 spiro atoms. The first-order valence-electron chi connectivity index (χ1n) is 0. The first-order valence-corrected chi connectivity index (χ1v) is 0. The van der Waals surface area contributed by atoms with E-state index in [1.165, 1.54) is 0 Å². The van der Waals surface area contributed by atoms with Crippen molar-refractivity contribution in [1.82, 2.24) is 0 Å². The van der Waals surface area contributed by atoms with Crippen LogP contribution in [0.3, 0.4) is 0 Å². The maximum absolute atomic E-state index is 0.